The summed E-state index contributed by atoms with van der Waals surface area (Å²) in [5.41, 5.74) is 1.65. The van der Waals surface area contributed by atoms with Gasteiger partial charge in [0.15, 0.2) is 17.3 Å². The number of ether oxygens (including phenoxy) is 2. The molecule has 0 unspecified atom stereocenters. The van der Waals surface area contributed by atoms with Crippen LogP contribution in [0, 0.1) is 5.82 Å². The zero-order valence-corrected chi connectivity index (χ0v) is 24.6. The lowest BCUT2D eigenvalue weighted by molar-refractivity contribution is 0.279. The molecule has 0 bridgehead atoms. The van der Waals surface area contributed by atoms with Gasteiger partial charge in [-0.05, 0) is 54.6 Å². The van der Waals surface area contributed by atoms with Crippen LogP contribution in [0.5, 0.6) is 11.5 Å². The topological polar surface area (TPSA) is 78.9 Å². The fraction of sp³-hybridized carbons (Fsp3) is 0.0645. The lowest BCUT2D eigenvalue weighted by atomic mass is 10.2. The Kier molecular flexibility index (Phi) is 7.42. The van der Waals surface area contributed by atoms with Crippen molar-refractivity contribution < 1.29 is 18.3 Å². The monoisotopic (exact) mass is 675 g/mol. The molecule has 0 fully saturated rings. The summed E-state index contributed by atoms with van der Waals surface area (Å²) in [7, 11) is 1.51. The largest absolute Gasteiger partial charge is 0.493 e. The first-order valence-electron chi connectivity index (χ1n) is 12.4. The molecule has 10 heteroatoms. The predicted molar refractivity (Wildman–Crippen MR) is 163 cm³/mol. The van der Waals surface area contributed by atoms with Gasteiger partial charge in [-0.3, -0.25) is 4.79 Å². The summed E-state index contributed by atoms with van der Waals surface area (Å²) >= 11 is 6.97. The summed E-state index contributed by atoms with van der Waals surface area (Å²) in [4.78, 5) is 18.4. The van der Waals surface area contributed by atoms with Gasteiger partial charge in [-0.2, -0.15) is 9.78 Å². The maximum absolute atomic E-state index is 14.3. The Labute approximate surface area is 250 Å². The Bertz CT molecular complexity index is 2020. The minimum absolute atomic E-state index is 0.0389. The molecule has 4 aromatic carbocycles. The van der Waals surface area contributed by atoms with Gasteiger partial charge in [-0.1, -0.05) is 62.2 Å². The van der Waals surface area contributed by atoms with Crippen LogP contribution < -0.4 is 15.0 Å². The molecular formula is C31H20Br2FN3O4. The van der Waals surface area contributed by atoms with E-state index in [-0.39, 0.29) is 23.8 Å². The molecule has 0 N–H and O–H groups in total. The minimum Gasteiger partial charge on any atom is -0.493 e. The van der Waals surface area contributed by atoms with E-state index in [0.29, 0.717) is 49.3 Å². The molecule has 0 aliphatic rings. The first kappa shape index (κ1) is 26.9. The zero-order chi connectivity index (χ0) is 28.5. The van der Waals surface area contributed by atoms with Crippen molar-refractivity contribution in [3.8, 4) is 23.1 Å². The summed E-state index contributed by atoms with van der Waals surface area (Å²) in [6, 6.07) is 24.4. The van der Waals surface area contributed by atoms with Crippen molar-refractivity contribution in [2.24, 2.45) is 5.10 Å². The number of benzene rings is 4. The Morgan fingerprint density at radius 2 is 1.80 bits per heavy atom. The van der Waals surface area contributed by atoms with Gasteiger partial charge >= 0.3 is 0 Å². The first-order valence-corrected chi connectivity index (χ1v) is 14.0. The van der Waals surface area contributed by atoms with E-state index in [4.69, 9.17) is 18.9 Å². The molecular weight excluding hydrogens is 657 g/mol. The van der Waals surface area contributed by atoms with E-state index >= 15 is 0 Å². The summed E-state index contributed by atoms with van der Waals surface area (Å²) in [6.07, 6.45) is 1.48. The molecule has 0 radical (unpaired) electrons. The number of hydrogen-bond donors (Lipinski definition) is 0. The first-order chi connectivity index (χ1) is 19.9. The van der Waals surface area contributed by atoms with Crippen molar-refractivity contribution in [2.45, 2.75) is 6.61 Å². The number of fused-ring (bicyclic) bond motifs is 2. The fourth-order valence-electron chi connectivity index (χ4n) is 4.39. The molecule has 0 aliphatic heterocycles. The minimum atomic E-state index is -0.380. The van der Waals surface area contributed by atoms with Crippen molar-refractivity contribution in [3.63, 3.8) is 0 Å². The number of furan rings is 1. The highest BCUT2D eigenvalue weighted by atomic mass is 79.9. The normalized spacial score (nSPS) is 11.5. The summed E-state index contributed by atoms with van der Waals surface area (Å²) in [5, 5.41) is 5.80. The average molecular weight is 677 g/mol. The Balaban J connectivity index is 1.48. The molecule has 0 aliphatic carbocycles. The van der Waals surface area contributed by atoms with Crippen LogP contribution in [-0.2, 0) is 6.61 Å². The third-order valence-electron chi connectivity index (χ3n) is 6.36. The second-order valence-electron chi connectivity index (χ2n) is 9.01. The Hall–Kier alpha value is -4.28. The van der Waals surface area contributed by atoms with Gasteiger partial charge in [0.25, 0.3) is 5.56 Å². The highest BCUT2D eigenvalue weighted by Crippen LogP contribution is 2.35. The van der Waals surface area contributed by atoms with Crippen molar-refractivity contribution in [2.75, 3.05) is 7.11 Å². The van der Waals surface area contributed by atoms with Gasteiger partial charge < -0.3 is 13.9 Å². The molecule has 0 atom stereocenters. The molecule has 0 saturated carbocycles. The molecule has 6 rings (SSSR count). The lowest BCUT2D eigenvalue weighted by Gasteiger charge is -2.14. The van der Waals surface area contributed by atoms with Gasteiger partial charge in [0.05, 0.1) is 24.2 Å². The second kappa shape index (κ2) is 11.3. The van der Waals surface area contributed by atoms with Crippen LogP contribution in [-0.4, -0.2) is 23.0 Å². The molecule has 0 spiro atoms. The van der Waals surface area contributed by atoms with E-state index in [1.54, 1.807) is 48.5 Å². The van der Waals surface area contributed by atoms with E-state index in [1.807, 2.05) is 30.3 Å². The van der Waals surface area contributed by atoms with Crippen molar-refractivity contribution in [3.05, 3.63) is 121 Å². The quantitative estimate of drug-likeness (QED) is 0.160. The molecule has 2 aromatic heterocycles. The van der Waals surface area contributed by atoms with Crippen LogP contribution in [0.2, 0.25) is 0 Å². The van der Waals surface area contributed by atoms with Gasteiger partial charge in [-0.25, -0.2) is 9.37 Å². The third-order valence-corrected chi connectivity index (χ3v) is 7.31. The predicted octanol–water partition coefficient (Wildman–Crippen LogP) is 7.94. The Morgan fingerprint density at radius 3 is 2.63 bits per heavy atom. The molecule has 0 amide bonds. The van der Waals surface area contributed by atoms with Crippen LogP contribution in [0.3, 0.4) is 0 Å². The highest BCUT2D eigenvalue weighted by Gasteiger charge is 2.18. The fourth-order valence-corrected chi connectivity index (χ4v) is 5.22. The van der Waals surface area contributed by atoms with E-state index < -0.39 is 0 Å². The molecule has 41 heavy (non-hydrogen) atoms. The Morgan fingerprint density at radius 1 is 1.00 bits per heavy atom. The molecule has 6 aromatic rings. The van der Waals surface area contributed by atoms with Crippen molar-refractivity contribution >= 4 is 59.9 Å². The van der Waals surface area contributed by atoms with E-state index in [0.717, 1.165) is 9.86 Å². The summed E-state index contributed by atoms with van der Waals surface area (Å²) in [6.45, 7) is -0.0389. The maximum Gasteiger partial charge on any atom is 0.282 e. The van der Waals surface area contributed by atoms with Gasteiger partial charge in [0.2, 0.25) is 5.82 Å². The van der Waals surface area contributed by atoms with Crippen molar-refractivity contribution in [1.29, 1.82) is 0 Å². The number of rotatable bonds is 7. The third kappa shape index (κ3) is 5.40. The number of aromatic nitrogens is 2. The maximum atomic E-state index is 14.3. The van der Waals surface area contributed by atoms with Gasteiger partial charge in [0, 0.05) is 25.5 Å². The molecule has 0 saturated heterocycles. The molecule has 204 valence electrons. The van der Waals surface area contributed by atoms with Crippen LogP contribution in [0.15, 0.2) is 108 Å². The second-order valence-corrected chi connectivity index (χ2v) is 10.8. The number of hydrogen-bond acceptors (Lipinski definition) is 6. The van der Waals surface area contributed by atoms with Crippen LogP contribution in [0.25, 0.3) is 33.5 Å². The van der Waals surface area contributed by atoms with Crippen LogP contribution in [0.1, 0.15) is 11.1 Å². The van der Waals surface area contributed by atoms with E-state index in [1.165, 1.54) is 24.1 Å². The lowest BCUT2D eigenvalue weighted by Crippen LogP contribution is -2.20. The van der Waals surface area contributed by atoms with Crippen LogP contribution in [0.4, 0.5) is 4.39 Å². The highest BCUT2D eigenvalue weighted by molar-refractivity contribution is 9.10. The number of para-hydroxylation sites is 1. The molecule has 7 nitrogen and oxygen atoms in total. The van der Waals surface area contributed by atoms with Gasteiger partial charge in [-0.15, -0.1) is 0 Å². The standard InChI is InChI=1S/C31H20Br2FN3O4/c1-39-27-15-22(33)13-20(29(27)40-17-18-6-2-4-8-24(18)34)16-35-37-30(36-25-9-5-3-7-23(25)31(37)38)28-14-19-12-21(32)10-11-26(19)41-28/h2-16H,17H2,1H3. The smallest absolute Gasteiger partial charge is 0.282 e. The number of methoxy groups -OCH3 is 1. The zero-order valence-electron chi connectivity index (χ0n) is 21.5. The summed E-state index contributed by atoms with van der Waals surface area (Å²) < 4.78 is 34.7. The van der Waals surface area contributed by atoms with Crippen molar-refractivity contribution in [1.82, 2.24) is 9.66 Å². The average Bonchev–Trinajstić information content (AvgIpc) is 3.39. The van der Waals surface area contributed by atoms with E-state index in [9.17, 15) is 9.18 Å². The number of nitrogens with zero attached hydrogens (tertiary/aromatic N) is 3. The van der Waals surface area contributed by atoms with E-state index in [2.05, 4.69) is 37.0 Å². The number of halogens is 3. The van der Waals surface area contributed by atoms with Gasteiger partial charge in [0.1, 0.15) is 18.0 Å². The summed E-state index contributed by atoms with van der Waals surface area (Å²) in [5.74, 6) is 0.966. The molecule has 2 heterocycles. The van der Waals surface area contributed by atoms with Crippen LogP contribution >= 0.6 is 31.9 Å². The SMILES string of the molecule is COc1cc(Br)cc(C=Nn2c(-c3cc4cc(Br)ccc4o3)nc3ccccc3c2=O)c1OCc1ccccc1F.